The molecule has 0 saturated carbocycles. The first kappa shape index (κ1) is 13.9. The highest BCUT2D eigenvalue weighted by molar-refractivity contribution is 7.99. The van der Waals surface area contributed by atoms with Gasteiger partial charge in [-0.15, -0.1) is 10.2 Å². The van der Waals surface area contributed by atoms with Gasteiger partial charge in [0.15, 0.2) is 5.16 Å². The Labute approximate surface area is 126 Å². The Morgan fingerprint density at radius 1 is 1.48 bits per heavy atom. The maximum Gasteiger partial charge on any atom is 0.313 e. The normalized spacial score (nSPS) is 17.1. The van der Waals surface area contributed by atoms with E-state index in [2.05, 4.69) is 10.2 Å². The summed E-state index contributed by atoms with van der Waals surface area (Å²) in [5, 5.41) is 17.7. The molecule has 1 aliphatic rings. The third-order valence-electron chi connectivity index (χ3n) is 3.46. The smallest absolute Gasteiger partial charge is 0.313 e. The summed E-state index contributed by atoms with van der Waals surface area (Å²) in [7, 11) is 1.87. The molecule has 6 nitrogen and oxygen atoms in total. The van der Waals surface area contributed by atoms with Crippen LogP contribution in [-0.2, 0) is 11.8 Å². The SMILES string of the molecule is Cn1c(SCC(=O)O)nnc1C1CCOc2ccccc21. The standard InChI is InChI=1S/C14H15N3O3S/c1-17-13(15-16-14(17)21-8-12(18)19)10-6-7-20-11-5-3-2-4-9(10)11/h2-5,10H,6-8H2,1H3,(H,18,19). The minimum Gasteiger partial charge on any atom is -0.493 e. The van der Waals surface area contributed by atoms with E-state index in [1.807, 2.05) is 35.9 Å². The van der Waals surface area contributed by atoms with Crippen LogP contribution < -0.4 is 4.74 Å². The molecule has 1 atom stereocenters. The van der Waals surface area contributed by atoms with Crippen molar-refractivity contribution in [2.24, 2.45) is 7.05 Å². The molecule has 1 aromatic heterocycles. The summed E-state index contributed by atoms with van der Waals surface area (Å²) in [6, 6.07) is 7.93. The molecular formula is C14H15N3O3S. The molecule has 0 saturated heterocycles. The number of aromatic nitrogens is 3. The van der Waals surface area contributed by atoms with Crippen molar-refractivity contribution in [3.8, 4) is 5.75 Å². The lowest BCUT2D eigenvalue weighted by Crippen LogP contribution is -2.18. The molecule has 0 amide bonds. The molecule has 2 aromatic rings. The number of hydrogen-bond acceptors (Lipinski definition) is 5. The number of benzene rings is 1. The van der Waals surface area contributed by atoms with Crippen molar-refractivity contribution in [3.63, 3.8) is 0 Å². The van der Waals surface area contributed by atoms with Gasteiger partial charge in [-0.3, -0.25) is 4.79 Å². The Kier molecular flexibility index (Phi) is 3.83. The number of para-hydroxylation sites is 1. The topological polar surface area (TPSA) is 77.2 Å². The van der Waals surface area contributed by atoms with Gasteiger partial charge in [0.2, 0.25) is 0 Å². The van der Waals surface area contributed by atoms with Gasteiger partial charge in [-0.25, -0.2) is 0 Å². The monoisotopic (exact) mass is 305 g/mol. The quantitative estimate of drug-likeness (QED) is 0.869. The largest absolute Gasteiger partial charge is 0.493 e. The molecule has 0 aliphatic carbocycles. The van der Waals surface area contributed by atoms with E-state index < -0.39 is 5.97 Å². The third-order valence-corrected chi connectivity index (χ3v) is 4.47. The molecule has 1 aromatic carbocycles. The molecule has 1 unspecified atom stereocenters. The minimum absolute atomic E-state index is 0.0175. The van der Waals surface area contributed by atoms with E-state index >= 15 is 0 Å². The van der Waals surface area contributed by atoms with E-state index in [0.717, 1.165) is 23.6 Å². The second-order valence-corrected chi connectivity index (χ2v) is 5.75. The van der Waals surface area contributed by atoms with E-state index in [-0.39, 0.29) is 11.7 Å². The van der Waals surface area contributed by atoms with E-state index in [1.165, 1.54) is 11.8 Å². The van der Waals surface area contributed by atoms with Gasteiger partial charge in [0.1, 0.15) is 11.6 Å². The van der Waals surface area contributed by atoms with E-state index in [9.17, 15) is 4.79 Å². The summed E-state index contributed by atoms with van der Waals surface area (Å²) in [6.45, 7) is 0.645. The lowest BCUT2D eigenvalue weighted by molar-refractivity contribution is -0.133. The van der Waals surface area contributed by atoms with Crippen LogP contribution in [0.2, 0.25) is 0 Å². The summed E-state index contributed by atoms with van der Waals surface area (Å²) in [6.07, 6.45) is 0.840. The zero-order chi connectivity index (χ0) is 14.8. The first-order chi connectivity index (χ1) is 10.2. The van der Waals surface area contributed by atoms with Crippen molar-refractivity contribution in [3.05, 3.63) is 35.7 Å². The maximum absolute atomic E-state index is 10.7. The molecule has 110 valence electrons. The van der Waals surface area contributed by atoms with Crippen LogP contribution in [0.4, 0.5) is 0 Å². The minimum atomic E-state index is -0.860. The van der Waals surface area contributed by atoms with Crippen LogP contribution in [0.5, 0.6) is 5.75 Å². The molecular weight excluding hydrogens is 290 g/mol. The van der Waals surface area contributed by atoms with Gasteiger partial charge in [0.05, 0.1) is 18.3 Å². The van der Waals surface area contributed by atoms with Crippen molar-refractivity contribution < 1.29 is 14.6 Å². The molecule has 21 heavy (non-hydrogen) atoms. The molecule has 1 aliphatic heterocycles. The highest BCUT2D eigenvalue weighted by Gasteiger charge is 2.27. The first-order valence-corrected chi connectivity index (χ1v) is 7.61. The highest BCUT2D eigenvalue weighted by atomic mass is 32.2. The molecule has 0 fully saturated rings. The fraction of sp³-hybridized carbons (Fsp3) is 0.357. The summed E-state index contributed by atoms with van der Waals surface area (Å²) < 4.78 is 7.54. The fourth-order valence-corrected chi connectivity index (χ4v) is 3.13. The molecule has 2 heterocycles. The van der Waals surface area contributed by atoms with Crippen LogP contribution in [0.3, 0.4) is 0 Å². The molecule has 7 heteroatoms. The third kappa shape index (κ3) is 2.73. The summed E-state index contributed by atoms with van der Waals surface area (Å²) in [4.78, 5) is 10.7. The number of carbonyl (C=O) groups is 1. The van der Waals surface area contributed by atoms with Gasteiger partial charge in [-0.2, -0.15) is 0 Å². The highest BCUT2D eigenvalue weighted by Crippen LogP contribution is 2.37. The number of fused-ring (bicyclic) bond motifs is 1. The zero-order valence-electron chi connectivity index (χ0n) is 11.5. The van der Waals surface area contributed by atoms with E-state index in [1.54, 1.807) is 0 Å². The van der Waals surface area contributed by atoms with Crippen LogP contribution in [0.1, 0.15) is 23.7 Å². The Morgan fingerprint density at radius 3 is 3.10 bits per heavy atom. The van der Waals surface area contributed by atoms with Crippen LogP contribution in [0.25, 0.3) is 0 Å². The van der Waals surface area contributed by atoms with Crippen LogP contribution in [-0.4, -0.2) is 38.2 Å². The Balaban J connectivity index is 1.90. The first-order valence-electron chi connectivity index (χ1n) is 6.62. The second kappa shape index (κ2) is 5.77. The van der Waals surface area contributed by atoms with Gasteiger partial charge >= 0.3 is 5.97 Å². The lowest BCUT2D eigenvalue weighted by Gasteiger charge is -2.25. The Morgan fingerprint density at radius 2 is 2.29 bits per heavy atom. The van der Waals surface area contributed by atoms with Crippen LogP contribution in [0.15, 0.2) is 29.4 Å². The molecule has 1 N–H and O–H groups in total. The van der Waals surface area contributed by atoms with Crippen LogP contribution >= 0.6 is 11.8 Å². The van der Waals surface area contributed by atoms with Gasteiger partial charge in [0, 0.05) is 12.6 Å². The molecule has 3 rings (SSSR count). The van der Waals surface area contributed by atoms with Crippen molar-refractivity contribution in [1.29, 1.82) is 0 Å². The van der Waals surface area contributed by atoms with Gasteiger partial charge in [-0.05, 0) is 12.5 Å². The molecule has 0 radical (unpaired) electrons. The van der Waals surface area contributed by atoms with E-state index in [0.29, 0.717) is 11.8 Å². The van der Waals surface area contributed by atoms with Crippen molar-refractivity contribution in [1.82, 2.24) is 14.8 Å². The van der Waals surface area contributed by atoms with Crippen molar-refractivity contribution >= 4 is 17.7 Å². The van der Waals surface area contributed by atoms with Crippen molar-refractivity contribution in [2.45, 2.75) is 17.5 Å². The second-order valence-electron chi connectivity index (χ2n) is 4.81. The average molecular weight is 305 g/mol. The van der Waals surface area contributed by atoms with Gasteiger partial charge in [0.25, 0.3) is 0 Å². The molecule has 0 bridgehead atoms. The number of hydrogen-bond donors (Lipinski definition) is 1. The Bertz CT molecular complexity index is 671. The molecule has 0 spiro atoms. The summed E-state index contributed by atoms with van der Waals surface area (Å²) in [5.74, 6) is 0.985. The number of carboxylic acid groups (broad SMARTS) is 1. The lowest BCUT2D eigenvalue weighted by atomic mass is 9.92. The van der Waals surface area contributed by atoms with Crippen LogP contribution in [0, 0.1) is 0 Å². The number of carboxylic acids is 1. The maximum atomic E-state index is 10.7. The summed E-state index contributed by atoms with van der Waals surface area (Å²) in [5.41, 5.74) is 1.11. The van der Waals surface area contributed by atoms with Gasteiger partial charge in [-0.1, -0.05) is 30.0 Å². The fourth-order valence-electron chi connectivity index (χ4n) is 2.49. The summed E-state index contributed by atoms with van der Waals surface area (Å²) >= 11 is 1.18. The van der Waals surface area contributed by atoms with Gasteiger partial charge < -0.3 is 14.4 Å². The number of aliphatic carboxylic acids is 1. The number of ether oxygens (including phenoxy) is 1. The van der Waals surface area contributed by atoms with E-state index in [4.69, 9.17) is 9.84 Å². The zero-order valence-corrected chi connectivity index (χ0v) is 12.3. The predicted molar refractivity (Wildman–Crippen MR) is 77.8 cm³/mol. The predicted octanol–water partition coefficient (Wildman–Crippen LogP) is 1.91. The average Bonchev–Trinajstić information content (AvgIpc) is 2.85. The van der Waals surface area contributed by atoms with Crippen molar-refractivity contribution in [2.75, 3.05) is 12.4 Å². The number of thioether (sulfide) groups is 1. The number of rotatable bonds is 4. The number of nitrogens with zero attached hydrogens (tertiary/aromatic N) is 3. The Hall–Kier alpha value is -2.02.